The van der Waals surface area contributed by atoms with Crippen LogP contribution in [0.5, 0.6) is 11.5 Å². The van der Waals surface area contributed by atoms with Crippen LogP contribution in [-0.2, 0) is 24.6 Å². The highest BCUT2D eigenvalue weighted by atomic mass is 32.2. The molecule has 0 saturated carbocycles. The second kappa shape index (κ2) is 13.1. The molecule has 0 radical (unpaired) electrons. The molecule has 0 heterocycles. The smallest absolute Gasteiger partial charge is 0.346 e. The van der Waals surface area contributed by atoms with Crippen molar-refractivity contribution in [3.63, 3.8) is 0 Å². The molecule has 1 N–H and O–H groups in total. The lowest BCUT2D eigenvalue weighted by atomic mass is 10.0. The third-order valence-corrected chi connectivity index (χ3v) is 9.08. The van der Waals surface area contributed by atoms with Gasteiger partial charge in [-0.1, -0.05) is 0 Å². The lowest BCUT2D eigenvalue weighted by Gasteiger charge is -2.21. The Labute approximate surface area is 234 Å². The minimum atomic E-state index is -5.10. The van der Waals surface area contributed by atoms with Gasteiger partial charge in [0.15, 0.2) is 27.2 Å². The summed E-state index contributed by atoms with van der Waals surface area (Å²) >= 11 is 0. The topological polar surface area (TPSA) is 159 Å². The molecule has 0 aliphatic rings. The first kappa shape index (κ1) is 33.9. The normalized spacial score (nSPS) is 13.1. The van der Waals surface area contributed by atoms with Crippen LogP contribution in [0.2, 0.25) is 0 Å². The van der Waals surface area contributed by atoms with Gasteiger partial charge in [-0.05, 0) is 52.3 Å². The number of nitro groups is 1. The highest BCUT2D eigenvalue weighted by molar-refractivity contribution is 7.94. The van der Waals surface area contributed by atoms with Crippen molar-refractivity contribution in [2.24, 2.45) is 0 Å². The SMILES string of the molecule is Cc1c(Oc2c(F)ccc(S(=O)(=O)NC(CCF)S(=O)(=O)CCCF)c2F)ccc([N+](=O)[O-])c1C(=O)OC(C)(C)C. The number of nitro benzene ring substituents is 1. The molecule has 2 aromatic rings. The summed E-state index contributed by atoms with van der Waals surface area (Å²) in [6, 6.07) is 2.71. The fourth-order valence-electron chi connectivity index (χ4n) is 3.50. The number of halogens is 4. The lowest BCUT2D eigenvalue weighted by molar-refractivity contribution is -0.385. The third kappa shape index (κ3) is 8.36. The fourth-order valence-corrected chi connectivity index (χ4v) is 6.88. The number of nitrogens with zero attached hydrogens (tertiary/aromatic N) is 1. The number of sulfonamides is 1. The van der Waals surface area contributed by atoms with E-state index in [1.54, 1.807) is 4.72 Å². The van der Waals surface area contributed by atoms with Gasteiger partial charge in [-0.15, -0.1) is 0 Å². The average Bonchev–Trinajstić information content (AvgIpc) is 2.84. The van der Waals surface area contributed by atoms with Crippen molar-refractivity contribution in [3.8, 4) is 11.5 Å². The van der Waals surface area contributed by atoms with Gasteiger partial charge in [0, 0.05) is 18.1 Å². The van der Waals surface area contributed by atoms with E-state index in [0.717, 1.165) is 12.1 Å². The Morgan fingerprint density at radius 1 is 1.07 bits per heavy atom. The van der Waals surface area contributed by atoms with Crippen molar-refractivity contribution in [2.45, 2.75) is 56.4 Å². The molecule has 0 aliphatic heterocycles. The third-order valence-electron chi connectivity index (χ3n) is 5.36. The Morgan fingerprint density at radius 3 is 2.24 bits per heavy atom. The summed E-state index contributed by atoms with van der Waals surface area (Å²) in [5.74, 6) is -6.98. The number of ether oxygens (including phenoxy) is 2. The van der Waals surface area contributed by atoms with E-state index in [1.807, 2.05) is 0 Å². The number of hydrogen-bond acceptors (Lipinski definition) is 9. The molecule has 2 aromatic carbocycles. The average molecular weight is 629 g/mol. The molecule has 0 aliphatic carbocycles. The summed E-state index contributed by atoms with van der Waals surface area (Å²) < 4.78 is 118. The van der Waals surface area contributed by atoms with E-state index in [2.05, 4.69) is 0 Å². The van der Waals surface area contributed by atoms with Gasteiger partial charge >= 0.3 is 5.97 Å². The molecule has 17 heteroatoms. The first-order chi connectivity index (χ1) is 18.9. The molecular formula is C24H28F4N2O9S2. The standard InChI is InChI=1S/C24H28F4N2O9S2/c1-14-17(8-7-16(30(32)33)20(14)23(31)39-24(2,3)4)38-22-15(27)6-9-18(21(22)28)41(36,37)29-19(10-12-26)40(34,35)13-5-11-25/h6-9,19,29H,5,10-13H2,1-4H3. The van der Waals surface area contributed by atoms with Gasteiger partial charge in [0.1, 0.15) is 27.2 Å². The second-order valence-corrected chi connectivity index (χ2v) is 13.6. The largest absolute Gasteiger partial charge is 0.456 e. The number of carbonyl (C=O) groups is 1. The van der Waals surface area contributed by atoms with E-state index in [1.165, 1.54) is 27.7 Å². The number of sulfone groups is 1. The van der Waals surface area contributed by atoms with Gasteiger partial charge < -0.3 is 9.47 Å². The maximum absolute atomic E-state index is 15.4. The summed E-state index contributed by atoms with van der Waals surface area (Å²) in [4.78, 5) is 22.1. The molecule has 228 valence electrons. The van der Waals surface area contributed by atoms with E-state index in [-0.39, 0.29) is 5.56 Å². The van der Waals surface area contributed by atoms with Crippen molar-refractivity contribution in [3.05, 3.63) is 57.1 Å². The minimum absolute atomic E-state index is 0.263. The van der Waals surface area contributed by atoms with Gasteiger partial charge in [0.2, 0.25) is 10.0 Å². The van der Waals surface area contributed by atoms with Gasteiger partial charge in [0.25, 0.3) is 5.69 Å². The van der Waals surface area contributed by atoms with Crippen molar-refractivity contribution >= 4 is 31.5 Å². The first-order valence-electron chi connectivity index (χ1n) is 11.9. The van der Waals surface area contributed by atoms with Crippen LogP contribution >= 0.6 is 0 Å². The van der Waals surface area contributed by atoms with E-state index in [9.17, 15) is 44.9 Å². The molecule has 41 heavy (non-hydrogen) atoms. The van der Waals surface area contributed by atoms with Crippen molar-refractivity contribution < 1.29 is 53.6 Å². The molecular weight excluding hydrogens is 600 g/mol. The Morgan fingerprint density at radius 2 is 1.71 bits per heavy atom. The van der Waals surface area contributed by atoms with Crippen LogP contribution in [0.1, 0.15) is 49.5 Å². The van der Waals surface area contributed by atoms with Crippen LogP contribution in [0.15, 0.2) is 29.2 Å². The zero-order valence-electron chi connectivity index (χ0n) is 22.4. The van der Waals surface area contributed by atoms with Crippen LogP contribution in [-0.4, -0.2) is 57.8 Å². The molecule has 0 amide bonds. The van der Waals surface area contributed by atoms with Crippen LogP contribution in [0.25, 0.3) is 0 Å². The number of rotatable bonds is 13. The van der Waals surface area contributed by atoms with E-state index >= 15 is 4.39 Å². The molecule has 2 rings (SSSR count). The Kier molecular flexibility index (Phi) is 10.8. The van der Waals surface area contributed by atoms with Gasteiger partial charge in [0.05, 0.1) is 24.0 Å². The van der Waals surface area contributed by atoms with Crippen LogP contribution in [0.3, 0.4) is 0 Å². The van der Waals surface area contributed by atoms with Gasteiger partial charge in [-0.3, -0.25) is 18.9 Å². The number of hydrogen-bond donors (Lipinski definition) is 1. The van der Waals surface area contributed by atoms with E-state index in [4.69, 9.17) is 9.47 Å². The number of carbonyl (C=O) groups excluding carboxylic acids is 1. The van der Waals surface area contributed by atoms with Crippen LogP contribution < -0.4 is 9.46 Å². The Balaban J connectivity index is 2.58. The minimum Gasteiger partial charge on any atom is -0.456 e. The highest BCUT2D eigenvalue weighted by Gasteiger charge is 2.34. The molecule has 1 unspecified atom stereocenters. The van der Waals surface area contributed by atoms with Crippen LogP contribution in [0, 0.1) is 28.7 Å². The zero-order chi connectivity index (χ0) is 31.3. The first-order valence-corrected chi connectivity index (χ1v) is 15.1. The highest BCUT2D eigenvalue weighted by Crippen LogP contribution is 2.37. The Bertz CT molecular complexity index is 1530. The summed E-state index contributed by atoms with van der Waals surface area (Å²) in [6.07, 6.45) is -1.36. The number of nitrogens with one attached hydrogen (secondary N) is 1. The summed E-state index contributed by atoms with van der Waals surface area (Å²) in [5, 5.41) is 9.44. The number of esters is 1. The lowest BCUT2D eigenvalue weighted by Crippen LogP contribution is -2.42. The summed E-state index contributed by atoms with van der Waals surface area (Å²) in [5.41, 5.74) is -2.61. The molecule has 0 fully saturated rings. The molecule has 0 aromatic heterocycles. The maximum atomic E-state index is 15.4. The van der Waals surface area contributed by atoms with Gasteiger partial charge in [-0.2, -0.15) is 4.72 Å². The quantitative estimate of drug-likeness (QED) is 0.144. The Hall–Kier alpha value is -3.31. The molecule has 11 nitrogen and oxygen atoms in total. The predicted octanol–water partition coefficient (Wildman–Crippen LogP) is 4.67. The fraction of sp³-hybridized carbons (Fsp3) is 0.458. The van der Waals surface area contributed by atoms with Crippen molar-refractivity contribution in [2.75, 3.05) is 19.1 Å². The van der Waals surface area contributed by atoms with E-state index < -0.39 is 113 Å². The number of alkyl halides is 2. The second-order valence-electron chi connectivity index (χ2n) is 9.63. The zero-order valence-corrected chi connectivity index (χ0v) is 24.0. The molecule has 1 atom stereocenters. The van der Waals surface area contributed by atoms with Crippen LogP contribution in [0.4, 0.5) is 23.2 Å². The van der Waals surface area contributed by atoms with Crippen molar-refractivity contribution in [1.29, 1.82) is 0 Å². The number of benzene rings is 2. The predicted molar refractivity (Wildman–Crippen MR) is 139 cm³/mol. The van der Waals surface area contributed by atoms with Crippen molar-refractivity contribution in [1.82, 2.24) is 4.72 Å². The van der Waals surface area contributed by atoms with E-state index in [0.29, 0.717) is 12.1 Å². The maximum Gasteiger partial charge on any atom is 0.346 e. The molecule has 0 bridgehead atoms. The molecule has 0 spiro atoms. The van der Waals surface area contributed by atoms with Gasteiger partial charge in [-0.25, -0.2) is 30.4 Å². The molecule has 0 saturated heterocycles. The summed E-state index contributed by atoms with van der Waals surface area (Å²) in [6.45, 7) is 3.34. The monoisotopic (exact) mass is 628 g/mol. The summed E-state index contributed by atoms with van der Waals surface area (Å²) in [7, 11) is -9.50.